The highest BCUT2D eigenvalue weighted by molar-refractivity contribution is 14.1. The van der Waals surface area contributed by atoms with Gasteiger partial charge in [0.15, 0.2) is 0 Å². The Kier molecular flexibility index (Phi) is 7.49. The standard InChI is InChI=1S/C23H35I/c1-2-3-18-4-6-19(7-5-18)8-9-20-10-12-21(13-11-20)22-14-16-23(24)17-15-22/h14-21H,2-13H2,1H3/t18-,19-,20-,21-. The van der Waals surface area contributed by atoms with Gasteiger partial charge >= 0.3 is 0 Å². The Morgan fingerprint density at radius 2 is 1.17 bits per heavy atom. The molecule has 0 radical (unpaired) electrons. The fraction of sp³-hybridized carbons (Fsp3) is 0.739. The topological polar surface area (TPSA) is 0 Å². The molecule has 0 aromatic heterocycles. The van der Waals surface area contributed by atoms with Crippen molar-refractivity contribution in [2.75, 3.05) is 0 Å². The van der Waals surface area contributed by atoms with E-state index in [2.05, 4.69) is 53.8 Å². The van der Waals surface area contributed by atoms with Crippen LogP contribution in [0.2, 0.25) is 0 Å². The van der Waals surface area contributed by atoms with Crippen LogP contribution in [0.1, 0.15) is 95.5 Å². The molecular formula is C23H35I. The van der Waals surface area contributed by atoms with Crippen LogP contribution >= 0.6 is 22.6 Å². The summed E-state index contributed by atoms with van der Waals surface area (Å²) in [6.07, 6.45) is 17.8. The van der Waals surface area contributed by atoms with Gasteiger partial charge in [0, 0.05) is 3.57 Å². The fourth-order valence-corrected chi connectivity index (χ4v) is 5.57. The van der Waals surface area contributed by atoms with Gasteiger partial charge in [-0.2, -0.15) is 0 Å². The maximum Gasteiger partial charge on any atom is 0.0130 e. The summed E-state index contributed by atoms with van der Waals surface area (Å²) in [6, 6.07) is 9.27. The Balaban J connectivity index is 1.35. The van der Waals surface area contributed by atoms with Crippen LogP contribution in [-0.2, 0) is 0 Å². The number of hydrogen-bond acceptors (Lipinski definition) is 0. The van der Waals surface area contributed by atoms with Crippen LogP contribution in [0, 0.1) is 21.3 Å². The quantitative estimate of drug-likeness (QED) is 0.395. The highest BCUT2D eigenvalue weighted by Crippen LogP contribution is 2.40. The monoisotopic (exact) mass is 438 g/mol. The van der Waals surface area contributed by atoms with Gasteiger partial charge in [-0.25, -0.2) is 0 Å². The predicted octanol–water partition coefficient (Wildman–Crippen LogP) is 7.95. The SMILES string of the molecule is CCC[C@H]1CC[C@H](CC[C@H]2CC[C@H](c3ccc(I)cc3)CC2)CC1. The molecule has 2 aliphatic rings. The average Bonchev–Trinajstić information content (AvgIpc) is 2.63. The molecule has 1 heteroatoms. The van der Waals surface area contributed by atoms with Crippen LogP contribution in [0.5, 0.6) is 0 Å². The smallest absolute Gasteiger partial charge is 0.0130 e. The summed E-state index contributed by atoms with van der Waals surface area (Å²) in [7, 11) is 0. The first-order chi connectivity index (χ1) is 11.7. The summed E-state index contributed by atoms with van der Waals surface area (Å²) in [5.74, 6) is 3.99. The lowest BCUT2D eigenvalue weighted by molar-refractivity contribution is 0.224. The van der Waals surface area contributed by atoms with Crippen molar-refractivity contribution < 1.29 is 0 Å². The molecule has 0 saturated heterocycles. The lowest BCUT2D eigenvalue weighted by Gasteiger charge is -2.32. The molecule has 1 aromatic carbocycles. The normalized spacial score (nSPS) is 31.1. The first kappa shape index (κ1) is 18.7. The van der Waals surface area contributed by atoms with Crippen molar-refractivity contribution in [3.63, 3.8) is 0 Å². The number of benzene rings is 1. The third kappa shape index (κ3) is 5.47. The molecule has 0 aliphatic heterocycles. The second kappa shape index (κ2) is 9.59. The third-order valence-electron chi connectivity index (χ3n) is 6.83. The zero-order valence-corrected chi connectivity index (χ0v) is 17.6. The predicted molar refractivity (Wildman–Crippen MR) is 113 cm³/mol. The molecule has 134 valence electrons. The van der Waals surface area contributed by atoms with Crippen LogP contribution < -0.4 is 0 Å². The minimum Gasteiger partial charge on any atom is -0.0654 e. The molecule has 24 heavy (non-hydrogen) atoms. The van der Waals surface area contributed by atoms with Crippen molar-refractivity contribution in [3.05, 3.63) is 33.4 Å². The molecule has 2 fully saturated rings. The lowest BCUT2D eigenvalue weighted by atomic mass is 9.74. The Hall–Kier alpha value is -0.0500. The minimum atomic E-state index is 0.836. The van der Waals surface area contributed by atoms with Crippen molar-refractivity contribution in [2.24, 2.45) is 17.8 Å². The van der Waals surface area contributed by atoms with Crippen molar-refractivity contribution >= 4 is 22.6 Å². The Morgan fingerprint density at radius 3 is 1.67 bits per heavy atom. The average molecular weight is 438 g/mol. The molecule has 0 spiro atoms. The van der Waals surface area contributed by atoms with E-state index in [1.807, 2.05) is 0 Å². The highest BCUT2D eigenvalue weighted by atomic mass is 127. The highest BCUT2D eigenvalue weighted by Gasteiger charge is 2.25. The van der Waals surface area contributed by atoms with Crippen LogP contribution in [-0.4, -0.2) is 0 Å². The van der Waals surface area contributed by atoms with E-state index in [4.69, 9.17) is 0 Å². The van der Waals surface area contributed by atoms with Gasteiger partial charge in [0.1, 0.15) is 0 Å². The van der Waals surface area contributed by atoms with Gasteiger partial charge in [-0.1, -0.05) is 70.4 Å². The van der Waals surface area contributed by atoms with Gasteiger partial charge in [0.2, 0.25) is 0 Å². The minimum absolute atomic E-state index is 0.836. The maximum absolute atomic E-state index is 2.41. The van der Waals surface area contributed by atoms with Gasteiger partial charge in [-0.05, 0) is 89.6 Å². The molecule has 0 unspecified atom stereocenters. The maximum atomic E-state index is 2.41. The molecule has 1 aromatic rings. The summed E-state index contributed by atoms with van der Waals surface area (Å²) in [5, 5.41) is 0. The molecule has 0 amide bonds. The van der Waals surface area contributed by atoms with Gasteiger partial charge in [0.25, 0.3) is 0 Å². The zero-order chi connectivity index (χ0) is 16.8. The second-order valence-electron chi connectivity index (χ2n) is 8.52. The molecule has 0 bridgehead atoms. The lowest BCUT2D eigenvalue weighted by Crippen LogP contribution is -2.17. The van der Waals surface area contributed by atoms with Crippen LogP contribution in [0.3, 0.4) is 0 Å². The fourth-order valence-electron chi connectivity index (χ4n) is 5.21. The molecule has 2 aliphatic carbocycles. The molecule has 0 atom stereocenters. The van der Waals surface area contributed by atoms with Gasteiger partial charge in [0.05, 0.1) is 0 Å². The van der Waals surface area contributed by atoms with Gasteiger partial charge < -0.3 is 0 Å². The molecule has 0 N–H and O–H groups in total. The van der Waals surface area contributed by atoms with E-state index in [1.165, 1.54) is 80.6 Å². The summed E-state index contributed by atoms with van der Waals surface area (Å²) in [6.45, 7) is 2.35. The second-order valence-corrected chi connectivity index (χ2v) is 9.77. The van der Waals surface area contributed by atoms with E-state index in [0.717, 1.165) is 23.7 Å². The van der Waals surface area contributed by atoms with E-state index in [-0.39, 0.29) is 0 Å². The first-order valence-electron chi connectivity index (χ1n) is 10.5. The summed E-state index contributed by atoms with van der Waals surface area (Å²) >= 11 is 2.41. The summed E-state index contributed by atoms with van der Waals surface area (Å²) < 4.78 is 1.36. The summed E-state index contributed by atoms with van der Waals surface area (Å²) in [5.41, 5.74) is 1.59. The van der Waals surface area contributed by atoms with Crippen LogP contribution in [0.25, 0.3) is 0 Å². The van der Waals surface area contributed by atoms with Crippen molar-refractivity contribution in [1.82, 2.24) is 0 Å². The largest absolute Gasteiger partial charge is 0.0654 e. The summed E-state index contributed by atoms with van der Waals surface area (Å²) in [4.78, 5) is 0. The Labute approximate surface area is 163 Å². The van der Waals surface area contributed by atoms with E-state index in [1.54, 1.807) is 5.56 Å². The van der Waals surface area contributed by atoms with Gasteiger partial charge in [-0.3, -0.25) is 0 Å². The van der Waals surface area contributed by atoms with Crippen LogP contribution in [0.4, 0.5) is 0 Å². The Morgan fingerprint density at radius 1 is 0.708 bits per heavy atom. The molecule has 3 rings (SSSR count). The molecular weight excluding hydrogens is 403 g/mol. The zero-order valence-electron chi connectivity index (χ0n) is 15.5. The molecule has 0 nitrogen and oxygen atoms in total. The molecule has 2 saturated carbocycles. The third-order valence-corrected chi connectivity index (χ3v) is 7.55. The van der Waals surface area contributed by atoms with E-state index >= 15 is 0 Å². The van der Waals surface area contributed by atoms with Crippen molar-refractivity contribution in [1.29, 1.82) is 0 Å². The van der Waals surface area contributed by atoms with Crippen molar-refractivity contribution in [2.45, 2.75) is 89.9 Å². The number of rotatable bonds is 6. The van der Waals surface area contributed by atoms with E-state index < -0.39 is 0 Å². The van der Waals surface area contributed by atoms with E-state index in [0.29, 0.717) is 0 Å². The van der Waals surface area contributed by atoms with Gasteiger partial charge in [-0.15, -0.1) is 0 Å². The van der Waals surface area contributed by atoms with E-state index in [9.17, 15) is 0 Å². The Bertz CT molecular complexity index is 461. The molecule has 0 heterocycles. The van der Waals surface area contributed by atoms with Crippen LogP contribution in [0.15, 0.2) is 24.3 Å². The number of halogens is 1. The first-order valence-corrected chi connectivity index (χ1v) is 11.6. The number of hydrogen-bond donors (Lipinski definition) is 0. The van der Waals surface area contributed by atoms with Crippen molar-refractivity contribution in [3.8, 4) is 0 Å².